The molecule has 0 aliphatic rings. The average Bonchev–Trinajstić information content (AvgIpc) is 3.16. The number of benzene rings is 2. The normalized spacial score (nSPS) is 12.8. The Hall–Kier alpha value is -3.73. The van der Waals surface area contributed by atoms with Gasteiger partial charge < -0.3 is 24.3 Å². The fourth-order valence-corrected chi connectivity index (χ4v) is 3.20. The van der Waals surface area contributed by atoms with Crippen LogP contribution in [-0.2, 0) is 11.4 Å². The molecule has 8 nitrogen and oxygen atoms in total. The van der Waals surface area contributed by atoms with E-state index in [-0.39, 0.29) is 6.61 Å². The minimum atomic E-state index is -1.08. The van der Waals surface area contributed by atoms with Gasteiger partial charge in [-0.25, -0.2) is 4.98 Å². The standard InChI is InChI=1S/C21H21N3O5/c1-12(10-22)18(21(25)26)13-8-9-16(28-3)20-19(13)23-17(24-20)11-29-15-7-5-4-6-14(15)27-2/h4-9,12,18H,11H2,1-3H3,(H,23,24)(H,25,26). The number of para-hydroxylation sites is 2. The summed E-state index contributed by atoms with van der Waals surface area (Å²) in [5, 5.41) is 18.9. The Labute approximate surface area is 167 Å². The number of aromatic amines is 1. The van der Waals surface area contributed by atoms with E-state index in [9.17, 15) is 15.2 Å². The van der Waals surface area contributed by atoms with Gasteiger partial charge in [-0.05, 0) is 30.7 Å². The molecule has 0 saturated heterocycles. The van der Waals surface area contributed by atoms with E-state index >= 15 is 0 Å². The number of nitrogens with one attached hydrogen (secondary N) is 1. The van der Waals surface area contributed by atoms with E-state index in [4.69, 9.17) is 14.2 Å². The first-order valence-electron chi connectivity index (χ1n) is 8.93. The van der Waals surface area contributed by atoms with Crippen LogP contribution in [0.15, 0.2) is 36.4 Å². The summed E-state index contributed by atoms with van der Waals surface area (Å²) < 4.78 is 16.5. The summed E-state index contributed by atoms with van der Waals surface area (Å²) in [7, 11) is 3.08. The number of H-pyrrole nitrogens is 1. The predicted octanol–water partition coefficient (Wildman–Crippen LogP) is 3.49. The lowest BCUT2D eigenvalue weighted by atomic mass is 9.87. The summed E-state index contributed by atoms with van der Waals surface area (Å²) in [5.41, 5.74) is 1.44. The predicted molar refractivity (Wildman–Crippen MR) is 105 cm³/mol. The van der Waals surface area contributed by atoms with Crippen molar-refractivity contribution in [2.45, 2.75) is 19.4 Å². The number of rotatable bonds is 8. The first-order chi connectivity index (χ1) is 14.0. The maximum absolute atomic E-state index is 11.8. The molecule has 3 rings (SSSR count). The maximum Gasteiger partial charge on any atom is 0.312 e. The first-order valence-corrected chi connectivity index (χ1v) is 8.93. The van der Waals surface area contributed by atoms with Crippen LogP contribution in [0.2, 0.25) is 0 Å². The minimum absolute atomic E-state index is 0.114. The molecule has 0 bridgehead atoms. The Kier molecular flexibility index (Phi) is 5.88. The number of nitriles is 1. The van der Waals surface area contributed by atoms with Crippen LogP contribution < -0.4 is 14.2 Å². The van der Waals surface area contributed by atoms with Gasteiger partial charge in [0.2, 0.25) is 0 Å². The number of imidazole rings is 1. The molecule has 8 heteroatoms. The fraction of sp³-hybridized carbons (Fsp3) is 0.286. The average molecular weight is 395 g/mol. The highest BCUT2D eigenvalue weighted by Crippen LogP contribution is 2.35. The quantitative estimate of drug-likeness (QED) is 0.599. The lowest BCUT2D eigenvalue weighted by Crippen LogP contribution is -2.19. The lowest BCUT2D eigenvalue weighted by Gasteiger charge is -2.16. The van der Waals surface area contributed by atoms with Gasteiger partial charge >= 0.3 is 5.97 Å². The number of aromatic nitrogens is 2. The Morgan fingerprint density at radius 2 is 1.86 bits per heavy atom. The van der Waals surface area contributed by atoms with Crippen LogP contribution in [-0.4, -0.2) is 35.3 Å². The highest BCUT2D eigenvalue weighted by atomic mass is 16.5. The van der Waals surface area contributed by atoms with Gasteiger partial charge in [0.1, 0.15) is 23.7 Å². The molecule has 2 unspecified atom stereocenters. The van der Waals surface area contributed by atoms with Crippen molar-refractivity contribution in [3.63, 3.8) is 0 Å². The molecule has 2 N–H and O–H groups in total. The smallest absolute Gasteiger partial charge is 0.312 e. The van der Waals surface area contributed by atoms with E-state index in [2.05, 4.69) is 9.97 Å². The van der Waals surface area contributed by atoms with Crippen LogP contribution in [0.4, 0.5) is 0 Å². The molecule has 0 spiro atoms. The molecule has 2 aromatic carbocycles. The number of methoxy groups -OCH3 is 2. The van der Waals surface area contributed by atoms with Gasteiger partial charge in [-0.15, -0.1) is 0 Å². The Morgan fingerprint density at radius 1 is 1.17 bits per heavy atom. The zero-order chi connectivity index (χ0) is 21.0. The first kappa shape index (κ1) is 20.0. The maximum atomic E-state index is 11.8. The second-order valence-electron chi connectivity index (χ2n) is 6.44. The number of nitrogens with zero attached hydrogens (tertiary/aromatic N) is 2. The molecule has 150 valence electrons. The lowest BCUT2D eigenvalue weighted by molar-refractivity contribution is -0.139. The van der Waals surface area contributed by atoms with Gasteiger partial charge in [0.25, 0.3) is 0 Å². The molecule has 0 fully saturated rings. The zero-order valence-electron chi connectivity index (χ0n) is 16.3. The summed E-state index contributed by atoms with van der Waals surface area (Å²) in [4.78, 5) is 19.5. The Bertz CT molecular complexity index is 1070. The van der Waals surface area contributed by atoms with Crippen LogP contribution in [0.1, 0.15) is 24.2 Å². The van der Waals surface area contributed by atoms with E-state index in [0.717, 1.165) is 0 Å². The molecule has 0 radical (unpaired) electrons. The highest BCUT2D eigenvalue weighted by Gasteiger charge is 2.30. The zero-order valence-corrected chi connectivity index (χ0v) is 16.3. The van der Waals surface area contributed by atoms with Gasteiger partial charge in [-0.1, -0.05) is 18.2 Å². The van der Waals surface area contributed by atoms with Crippen LogP contribution in [0.5, 0.6) is 17.2 Å². The summed E-state index contributed by atoms with van der Waals surface area (Å²) in [5.74, 6) is -0.659. The van der Waals surface area contributed by atoms with Crippen LogP contribution in [0, 0.1) is 17.2 Å². The number of fused-ring (bicyclic) bond motifs is 1. The Balaban J connectivity index is 2.01. The Morgan fingerprint density at radius 3 is 2.48 bits per heavy atom. The van der Waals surface area contributed by atoms with Crippen molar-refractivity contribution in [1.29, 1.82) is 5.26 Å². The van der Waals surface area contributed by atoms with Crippen molar-refractivity contribution in [2.24, 2.45) is 5.92 Å². The largest absolute Gasteiger partial charge is 0.494 e. The summed E-state index contributed by atoms with van der Waals surface area (Å²) in [6.45, 7) is 1.69. The molecule has 0 amide bonds. The number of hydrogen-bond acceptors (Lipinski definition) is 6. The monoisotopic (exact) mass is 395 g/mol. The summed E-state index contributed by atoms with van der Waals surface area (Å²) in [6.07, 6.45) is 0. The number of carboxylic acids is 1. The SMILES string of the molecule is COc1ccccc1OCc1nc2c(C(C(=O)O)C(C)C#N)ccc(OC)c2[nH]1. The third kappa shape index (κ3) is 3.94. The van der Waals surface area contributed by atoms with E-state index in [0.29, 0.717) is 39.7 Å². The summed E-state index contributed by atoms with van der Waals surface area (Å²) >= 11 is 0. The van der Waals surface area contributed by atoms with E-state index in [1.54, 1.807) is 38.3 Å². The molecule has 1 heterocycles. The molecular formula is C21H21N3O5. The van der Waals surface area contributed by atoms with E-state index in [1.807, 2.05) is 18.2 Å². The minimum Gasteiger partial charge on any atom is -0.494 e. The van der Waals surface area contributed by atoms with Gasteiger partial charge in [-0.3, -0.25) is 4.79 Å². The molecule has 0 aliphatic carbocycles. The van der Waals surface area contributed by atoms with Crippen molar-refractivity contribution in [3.8, 4) is 23.3 Å². The van der Waals surface area contributed by atoms with Crippen LogP contribution in [0.3, 0.4) is 0 Å². The van der Waals surface area contributed by atoms with Crippen LogP contribution in [0.25, 0.3) is 11.0 Å². The number of ether oxygens (including phenoxy) is 3. The van der Waals surface area contributed by atoms with Crippen molar-refractivity contribution in [3.05, 3.63) is 47.8 Å². The van der Waals surface area contributed by atoms with Gasteiger partial charge in [0.05, 0.1) is 37.6 Å². The third-order valence-corrected chi connectivity index (χ3v) is 4.65. The second kappa shape index (κ2) is 8.52. The van der Waals surface area contributed by atoms with Gasteiger partial charge in [0, 0.05) is 0 Å². The summed E-state index contributed by atoms with van der Waals surface area (Å²) in [6, 6.07) is 12.6. The molecule has 0 saturated carbocycles. The third-order valence-electron chi connectivity index (χ3n) is 4.65. The number of carboxylic acid groups (broad SMARTS) is 1. The highest BCUT2D eigenvalue weighted by molar-refractivity contribution is 5.90. The second-order valence-corrected chi connectivity index (χ2v) is 6.44. The van der Waals surface area contributed by atoms with Crippen LogP contribution >= 0.6 is 0 Å². The van der Waals surface area contributed by atoms with Crippen molar-refractivity contribution < 1.29 is 24.1 Å². The molecular weight excluding hydrogens is 374 g/mol. The molecule has 0 aliphatic heterocycles. The molecule has 1 aromatic heterocycles. The topological polar surface area (TPSA) is 117 Å². The van der Waals surface area contributed by atoms with Gasteiger partial charge in [0.15, 0.2) is 11.5 Å². The van der Waals surface area contributed by atoms with E-state index < -0.39 is 17.8 Å². The molecule has 2 atom stereocenters. The number of hydrogen-bond donors (Lipinski definition) is 2. The molecule has 29 heavy (non-hydrogen) atoms. The van der Waals surface area contributed by atoms with E-state index in [1.165, 1.54) is 7.11 Å². The number of carbonyl (C=O) groups is 1. The van der Waals surface area contributed by atoms with Gasteiger partial charge in [-0.2, -0.15) is 5.26 Å². The van der Waals surface area contributed by atoms with Crippen molar-refractivity contribution >= 4 is 17.0 Å². The number of aliphatic carboxylic acids is 1. The van der Waals surface area contributed by atoms with Crippen molar-refractivity contribution in [2.75, 3.05) is 14.2 Å². The fourth-order valence-electron chi connectivity index (χ4n) is 3.20. The molecule has 3 aromatic rings. The van der Waals surface area contributed by atoms with Crippen molar-refractivity contribution in [1.82, 2.24) is 9.97 Å².